The molecule has 2 nitrogen and oxygen atoms in total. The van der Waals surface area contributed by atoms with Gasteiger partial charge < -0.3 is 9.64 Å². The summed E-state index contributed by atoms with van der Waals surface area (Å²) in [5, 5.41) is 0. The van der Waals surface area contributed by atoms with Crippen LogP contribution in [-0.2, 0) is 0 Å². The second kappa shape index (κ2) is 10.2. The molecule has 1 saturated heterocycles. The van der Waals surface area contributed by atoms with E-state index in [-0.39, 0.29) is 0 Å². The van der Waals surface area contributed by atoms with Crippen molar-refractivity contribution < 1.29 is 4.74 Å². The molecule has 1 heterocycles. The third-order valence-electron chi connectivity index (χ3n) is 5.03. The van der Waals surface area contributed by atoms with Crippen molar-refractivity contribution in [2.45, 2.75) is 44.9 Å². The predicted octanol–water partition coefficient (Wildman–Crippen LogP) is 5.78. The molecule has 25 heavy (non-hydrogen) atoms. The van der Waals surface area contributed by atoms with Crippen LogP contribution in [-0.4, -0.2) is 31.1 Å². The van der Waals surface area contributed by atoms with Gasteiger partial charge in [-0.05, 0) is 75.0 Å². The molecular formula is C23H31NO. The van der Waals surface area contributed by atoms with Gasteiger partial charge in [0.25, 0.3) is 0 Å². The fourth-order valence-electron chi connectivity index (χ4n) is 3.56. The first kappa shape index (κ1) is 18.0. The van der Waals surface area contributed by atoms with Gasteiger partial charge in [0.15, 0.2) is 0 Å². The smallest absolute Gasteiger partial charge is 0.119 e. The molecular weight excluding hydrogens is 306 g/mol. The molecule has 1 aliphatic rings. The SMILES string of the molecule is c1ccc(-c2cccc(OCCCCCN3CCCCCC3)c2)cc1. The Morgan fingerprint density at radius 2 is 1.48 bits per heavy atom. The van der Waals surface area contributed by atoms with Gasteiger partial charge in [-0.2, -0.15) is 0 Å². The molecule has 134 valence electrons. The molecule has 0 spiro atoms. The van der Waals surface area contributed by atoms with Gasteiger partial charge in [0.1, 0.15) is 5.75 Å². The van der Waals surface area contributed by atoms with E-state index in [9.17, 15) is 0 Å². The molecule has 0 bridgehead atoms. The maximum absolute atomic E-state index is 5.97. The van der Waals surface area contributed by atoms with Crippen LogP contribution in [0.5, 0.6) is 5.75 Å². The Morgan fingerprint density at radius 3 is 2.28 bits per heavy atom. The lowest BCUT2D eigenvalue weighted by molar-refractivity contribution is 0.266. The molecule has 2 heteroatoms. The predicted molar refractivity (Wildman–Crippen MR) is 106 cm³/mol. The van der Waals surface area contributed by atoms with Gasteiger partial charge in [0.05, 0.1) is 6.61 Å². The minimum absolute atomic E-state index is 0.818. The van der Waals surface area contributed by atoms with Crippen LogP contribution < -0.4 is 4.74 Å². The van der Waals surface area contributed by atoms with Crippen LogP contribution in [0.1, 0.15) is 44.9 Å². The summed E-state index contributed by atoms with van der Waals surface area (Å²) in [5.41, 5.74) is 2.46. The summed E-state index contributed by atoms with van der Waals surface area (Å²) in [7, 11) is 0. The summed E-state index contributed by atoms with van der Waals surface area (Å²) in [6, 6.07) is 18.9. The Labute approximate surface area is 152 Å². The van der Waals surface area contributed by atoms with Crippen LogP contribution >= 0.6 is 0 Å². The summed E-state index contributed by atoms with van der Waals surface area (Å²) in [6.07, 6.45) is 9.33. The second-order valence-corrected chi connectivity index (χ2v) is 7.06. The zero-order valence-corrected chi connectivity index (χ0v) is 15.3. The Hall–Kier alpha value is -1.80. The van der Waals surface area contributed by atoms with Crippen LogP contribution in [0.15, 0.2) is 54.6 Å². The minimum Gasteiger partial charge on any atom is -0.494 e. The maximum atomic E-state index is 5.97. The zero-order valence-electron chi connectivity index (χ0n) is 15.3. The molecule has 0 aromatic heterocycles. The third-order valence-corrected chi connectivity index (χ3v) is 5.03. The molecule has 2 aromatic rings. The highest BCUT2D eigenvalue weighted by molar-refractivity contribution is 5.64. The minimum atomic E-state index is 0.818. The highest BCUT2D eigenvalue weighted by atomic mass is 16.5. The standard InChI is InChI=1S/C23H31NO/c1-2-8-17-24(16-7-1)18-9-4-10-19-25-23-15-11-14-22(20-23)21-12-5-3-6-13-21/h3,5-6,11-15,20H,1-2,4,7-10,16-19H2. The molecule has 0 aliphatic carbocycles. The first-order valence-corrected chi connectivity index (χ1v) is 9.92. The number of unbranched alkanes of at least 4 members (excludes halogenated alkanes) is 2. The summed E-state index contributed by atoms with van der Waals surface area (Å²) in [5.74, 6) is 0.980. The molecule has 0 saturated carbocycles. The zero-order chi connectivity index (χ0) is 17.2. The first-order valence-electron chi connectivity index (χ1n) is 9.92. The highest BCUT2D eigenvalue weighted by Gasteiger charge is 2.07. The van der Waals surface area contributed by atoms with Crippen molar-refractivity contribution in [1.29, 1.82) is 0 Å². The van der Waals surface area contributed by atoms with Crippen LogP contribution in [0.25, 0.3) is 11.1 Å². The van der Waals surface area contributed by atoms with Crippen LogP contribution in [0.3, 0.4) is 0 Å². The van der Waals surface area contributed by atoms with E-state index < -0.39 is 0 Å². The molecule has 1 fully saturated rings. The number of rotatable bonds is 8. The molecule has 0 unspecified atom stereocenters. The van der Waals surface area contributed by atoms with E-state index in [1.807, 2.05) is 0 Å². The summed E-state index contributed by atoms with van der Waals surface area (Å²) in [4.78, 5) is 2.65. The van der Waals surface area contributed by atoms with Gasteiger partial charge in [-0.3, -0.25) is 0 Å². The molecule has 0 N–H and O–H groups in total. The lowest BCUT2D eigenvalue weighted by Gasteiger charge is -2.19. The van der Waals surface area contributed by atoms with Gasteiger partial charge in [0, 0.05) is 0 Å². The summed E-state index contributed by atoms with van der Waals surface area (Å²) >= 11 is 0. The van der Waals surface area contributed by atoms with Crippen molar-refractivity contribution in [1.82, 2.24) is 4.90 Å². The Bertz CT molecular complexity index is 602. The largest absolute Gasteiger partial charge is 0.494 e. The van der Waals surface area contributed by atoms with E-state index in [0.717, 1.165) is 18.8 Å². The number of ether oxygens (including phenoxy) is 1. The van der Waals surface area contributed by atoms with Gasteiger partial charge in [-0.25, -0.2) is 0 Å². The molecule has 1 aliphatic heterocycles. The molecule has 0 radical (unpaired) electrons. The number of benzene rings is 2. The fourth-order valence-corrected chi connectivity index (χ4v) is 3.56. The number of nitrogens with zero attached hydrogens (tertiary/aromatic N) is 1. The molecule has 2 aromatic carbocycles. The number of hydrogen-bond acceptors (Lipinski definition) is 2. The average Bonchev–Trinajstić information content (AvgIpc) is 2.94. The van der Waals surface area contributed by atoms with Gasteiger partial charge in [-0.1, -0.05) is 55.3 Å². The number of hydrogen-bond donors (Lipinski definition) is 0. The third kappa shape index (κ3) is 6.21. The van der Waals surface area contributed by atoms with E-state index in [0.29, 0.717) is 0 Å². The van der Waals surface area contributed by atoms with Crippen LogP contribution in [0, 0.1) is 0 Å². The van der Waals surface area contributed by atoms with Crippen molar-refractivity contribution in [3.63, 3.8) is 0 Å². The van der Waals surface area contributed by atoms with Crippen molar-refractivity contribution >= 4 is 0 Å². The van der Waals surface area contributed by atoms with Crippen LogP contribution in [0.2, 0.25) is 0 Å². The Balaban J connectivity index is 1.35. The second-order valence-electron chi connectivity index (χ2n) is 7.06. The van der Waals surface area contributed by atoms with E-state index in [1.54, 1.807) is 0 Å². The van der Waals surface area contributed by atoms with Gasteiger partial charge >= 0.3 is 0 Å². The van der Waals surface area contributed by atoms with Gasteiger partial charge in [0.2, 0.25) is 0 Å². The Kier molecular flexibility index (Phi) is 7.38. The quantitative estimate of drug-likeness (QED) is 0.566. The molecule has 3 rings (SSSR count). The highest BCUT2D eigenvalue weighted by Crippen LogP contribution is 2.23. The van der Waals surface area contributed by atoms with Gasteiger partial charge in [-0.15, -0.1) is 0 Å². The maximum Gasteiger partial charge on any atom is 0.119 e. The van der Waals surface area contributed by atoms with E-state index >= 15 is 0 Å². The summed E-state index contributed by atoms with van der Waals surface area (Å²) < 4.78 is 5.97. The van der Waals surface area contributed by atoms with E-state index in [4.69, 9.17) is 4.74 Å². The van der Waals surface area contributed by atoms with E-state index in [2.05, 4.69) is 59.5 Å². The van der Waals surface area contributed by atoms with Crippen molar-refractivity contribution in [2.24, 2.45) is 0 Å². The average molecular weight is 338 g/mol. The fraction of sp³-hybridized carbons (Fsp3) is 0.478. The molecule has 0 atom stereocenters. The lowest BCUT2D eigenvalue weighted by atomic mass is 10.1. The Morgan fingerprint density at radius 1 is 0.720 bits per heavy atom. The first-order chi connectivity index (χ1) is 12.4. The van der Waals surface area contributed by atoms with Crippen molar-refractivity contribution in [3.05, 3.63) is 54.6 Å². The monoisotopic (exact) mass is 337 g/mol. The van der Waals surface area contributed by atoms with Crippen molar-refractivity contribution in [3.8, 4) is 16.9 Å². The summed E-state index contributed by atoms with van der Waals surface area (Å²) in [6.45, 7) is 4.70. The number of likely N-dealkylation sites (tertiary alicyclic amines) is 1. The normalized spacial score (nSPS) is 15.7. The molecule has 0 amide bonds. The van der Waals surface area contributed by atoms with Crippen molar-refractivity contribution in [2.75, 3.05) is 26.2 Å². The van der Waals surface area contributed by atoms with Crippen LogP contribution in [0.4, 0.5) is 0 Å². The topological polar surface area (TPSA) is 12.5 Å². The lowest BCUT2D eigenvalue weighted by Crippen LogP contribution is -2.25. The van der Waals surface area contributed by atoms with E-state index in [1.165, 1.54) is 69.3 Å².